The highest BCUT2D eigenvalue weighted by Crippen LogP contribution is 2.42. The van der Waals surface area contributed by atoms with Crippen molar-refractivity contribution in [2.75, 3.05) is 11.5 Å². The average molecular weight is 383 g/mol. The van der Waals surface area contributed by atoms with E-state index >= 15 is 0 Å². The zero-order valence-electron chi connectivity index (χ0n) is 14.6. The molecule has 3 aromatic rings. The summed E-state index contributed by atoms with van der Waals surface area (Å²) in [5.41, 5.74) is 10.4. The number of thioether (sulfide) groups is 1. The molecule has 2 aromatic heterocycles. The van der Waals surface area contributed by atoms with Gasteiger partial charge in [-0.3, -0.25) is 9.98 Å². The van der Waals surface area contributed by atoms with Gasteiger partial charge in [0.1, 0.15) is 23.2 Å². The van der Waals surface area contributed by atoms with Gasteiger partial charge in [0, 0.05) is 39.6 Å². The van der Waals surface area contributed by atoms with Crippen LogP contribution in [-0.2, 0) is 0 Å². The number of fused-ring (bicyclic) bond motifs is 3. The molecule has 7 heteroatoms. The molecule has 2 N–H and O–H groups in total. The van der Waals surface area contributed by atoms with Crippen LogP contribution in [0.1, 0.15) is 11.1 Å². The summed E-state index contributed by atoms with van der Waals surface area (Å²) in [5.74, 6) is 1.74. The Hall–Kier alpha value is -3.63. The lowest BCUT2D eigenvalue weighted by Gasteiger charge is -2.15. The van der Waals surface area contributed by atoms with Crippen molar-refractivity contribution in [1.29, 1.82) is 5.26 Å². The van der Waals surface area contributed by atoms with Crippen LogP contribution in [0.25, 0.3) is 27.7 Å². The second-order valence-corrected chi connectivity index (χ2v) is 7.28. The van der Waals surface area contributed by atoms with Gasteiger partial charge in [-0.2, -0.15) is 5.26 Å². The van der Waals surface area contributed by atoms with Crippen LogP contribution in [-0.4, -0.2) is 21.9 Å². The van der Waals surface area contributed by atoms with Crippen molar-refractivity contribution < 1.29 is 4.74 Å². The summed E-state index contributed by atoms with van der Waals surface area (Å²) >= 11 is 1.71. The number of ether oxygens (including phenoxy) is 1. The third-order valence-corrected chi connectivity index (χ3v) is 5.59. The summed E-state index contributed by atoms with van der Waals surface area (Å²) in [4.78, 5) is 14.1. The van der Waals surface area contributed by atoms with Crippen LogP contribution >= 0.6 is 11.8 Å². The number of nitriles is 1. The van der Waals surface area contributed by atoms with Crippen molar-refractivity contribution in [3.63, 3.8) is 0 Å². The Balaban J connectivity index is 1.81. The van der Waals surface area contributed by atoms with E-state index in [0.717, 1.165) is 44.2 Å². The highest BCUT2D eigenvalue weighted by Gasteiger charge is 2.21. The first-order chi connectivity index (χ1) is 13.8. The third-order valence-electron chi connectivity index (χ3n) is 4.63. The number of nitrogens with zero attached hydrogens (tertiary/aromatic N) is 4. The normalized spacial score (nSPS) is 14.8. The molecule has 134 valence electrons. The van der Waals surface area contributed by atoms with Crippen molar-refractivity contribution >= 4 is 40.4 Å². The molecular formula is C21H13N5OS. The highest BCUT2D eigenvalue weighted by molar-refractivity contribution is 8.04. The number of anilines is 1. The fraction of sp³-hybridized carbons (Fsp3) is 0.0476. The van der Waals surface area contributed by atoms with E-state index in [1.165, 1.54) is 0 Å². The van der Waals surface area contributed by atoms with Crippen LogP contribution in [0.15, 0.2) is 58.9 Å². The minimum atomic E-state index is 0.192. The number of hydrogen-bond donors (Lipinski definition) is 1. The highest BCUT2D eigenvalue weighted by atomic mass is 32.2. The molecule has 1 aromatic carbocycles. The van der Waals surface area contributed by atoms with Gasteiger partial charge in [0.2, 0.25) is 0 Å². The number of benzene rings is 1. The smallest absolute Gasteiger partial charge is 0.142 e. The Labute approximate surface area is 165 Å². The summed E-state index contributed by atoms with van der Waals surface area (Å²) in [6, 6.07) is 9.87. The molecule has 5 rings (SSSR count). The standard InChI is InChI=1S/C21H13N5OS/c22-10-15-19(13-3-5-24-11-16(13)26-21(15)23)12-1-2-17-14(9-12)20-18(4-7-27-17)28-8-6-25-20/h1-7,9,11H,8H2,(H2,23,26). The van der Waals surface area contributed by atoms with E-state index < -0.39 is 0 Å². The van der Waals surface area contributed by atoms with Gasteiger partial charge in [-0.15, -0.1) is 11.8 Å². The van der Waals surface area contributed by atoms with E-state index in [9.17, 15) is 5.26 Å². The number of rotatable bonds is 1. The van der Waals surface area contributed by atoms with E-state index in [2.05, 4.69) is 21.0 Å². The van der Waals surface area contributed by atoms with Crippen LogP contribution in [0.4, 0.5) is 5.82 Å². The Morgan fingerprint density at radius 1 is 1.25 bits per heavy atom. The Kier molecular flexibility index (Phi) is 3.85. The fourth-order valence-corrected chi connectivity index (χ4v) is 4.19. The molecular weight excluding hydrogens is 370 g/mol. The summed E-state index contributed by atoms with van der Waals surface area (Å²) in [6.45, 7) is 0. The molecule has 4 heterocycles. The molecule has 0 amide bonds. The monoisotopic (exact) mass is 383 g/mol. The minimum absolute atomic E-state index is 0.192. The first-order valence-electron chi connectivity index (χ1n) is 8.57. The summed E-state index contributed by atoms with van der Waals surface area (Å²) in [6.07, 6.45) is 8.84. The van der Waals surface area contributed by atoms with Crippen molar-refractivity contribution in [2.24, 2.45) is 4.99 Å². The van der Waals surface area contributed by atoms with Crippen LogP contribution < -0.4 is 10.5 Å². The van der Waals surface area contributed by atoms with Gasteiger partial charge in [0.05, 0.1) is 23.7 Å². The Morgan fingerprint density at radius 2 is 2.18 bits per heavy atom. The lowest BCUT2D eigenvalue weighted by molar-refractivity contribution is 0.481. The number of nitrogen functional groups attached to an aromatic ring is 1. The first kappa shape index (κ1) is 16.5. The van der Waals surface area contributed by atoms with Gasteiger partial charge in [-0.25, -0.2) is 4.98 Å². The molecule has 0 unspecified atom stereocenters. The van der Waals surface area contributed by atoms with Crippen molar-refractivity contribution in [1.82, 2.24) is 9.97 Å². The topological polar surface area (TPSA) is 97.2 Å². The van der Waals surface area contributed by atoms with Crippen molar-refractivity contribution in [3.05, 3.63) is 65.0 Å². The molecule has 6 nitrogen and oxygen atoms in total. The maximum absolute atomic E-state index is 9.73. The quantitative estimate of drug-likeness (QED) is 0.678. The molecule has 0 fully saturated rings. The van der Waals surface area contributed by atoms with Gasteiger partial charge >= 0.3 is 0 Å². The largest absolute Gasteiger partial charge is 0.464 e. The first-order valence-corrected chi connectivity index (χ1v) is 9.55. The van der Waals surface area contributed by atoms with Gasteiger partial charge in [0.15, 0.2) is 0 Å². The number of aliphatic imine (C=N–C) groups is 1. The number of aromatic nitrogens is 2. The van der Waals surface area contributed by atoms with Crippen LogP contribution in [0.3, 0.4) is 0 Å². The molecule has 2 aliphatic rings. The summed E-state index contributed by atoms with van der Waals surface area (Å²) in [5, 5.41) is 10.6. The molecule has 0 bridgehead atoms. The van der Waals surface area contributed by atoms with E-state index in [4.69, 9.17) is 10.5 Å². The number of hydrogen-bond acceptors (Lipinski definition) is 7. The van der Waals surface area contributed by atoms with Crippen LogP contribution in [0.5, 0.6) is 5.75 Å². The molecule has 2 aliphatic heterocycles. The van der Waals surface area contributed by atoms with E-state index in [-0.39, 0.29) is 5.82 Å². The maximum Gasteiger partial charge on any atom is 0.142 e. The molecule has 28 heavy (non-hydrogen) atoms. The predicted octanol–water partition coefficient (Wildman–Crippen LogP) is 4.14. The predicted molar refractivity (Wildman–Crippen MR) is 112 cm³/mol. The molecule has 0 saturated carbocycles. The fourth-order valence-electron chi connectivity index (χ4n) is 3.41. The Morgan fingerprint density at radius 3 is 3.07 bits per heavy atom. The van der Waals surface area contributed by atoms with Gasteiger partial charge in [-0.1, -0.05) is 6.07 Å². The summed E-state index contributed by atoms with van der Waals surface area (Å²) < 4.78 is 5.78. The minimum Gasteiger partial charge on any atom is -0.464 e. The number of allylic oxidation sites excluding steroid dienone is 1. The van der Waals surface area contributed by atoms with Gasteiger partial charge in [-0.05, 0) is 29.8 Å². The van der Waals surface area contributed by atoms with Crippen molar-refractivity contribution in [3.8, 4) is 22.9 Å². The average Bonchev–Trinajstić information content (AvgIpc) is 2.91. The molecule has 0 radical (unpaired) electrons. The third kappa shape index (κ3) is 2.54. The Bertz CT molecular complexity index is 1270. The van der Waals surface area contributed by atoms with Crippen LogP contribution in [0, 0.1) is 11.3 Å². The molecule has 0 spiro atoms. The molecule has 0 aliphatic carbocycles. The second-order valence-electron chi connectivity index (χ2n) is 6.22. The lowest BCUT2D eigenvalue weighted by Crippen LogP contribution is -2.00. The van der Waals surface area contributed by atoms with Crippen LogP contribution in [0.2, 0.25) is 0 Å². The van der Waals surface area contributed by atoms with Crippen molar-refractivity contribution in [2.45, 2.75) is 0 Å². The van der Waals surface area contributed by atoms with E-state index in [0.29, 0.717) is 11.1 Å². The zero-order chi connectivity index (χ0) is 19.1. The molecule has 0 saturated heterocycles. The van der Waals surface area contributed by atoms with Gasteiger partial charge in [0.25, 0.3) is 0 Å². The van der Waals surface area contributed by atoms with Gasteiger partial charge < -0.3 is 10.5 Å². The SMILES string of the molecule is N#Cc1c(N)nc2cnccc2c1-c1ccc2c(c1)C1=C(C=CO2)SCC=N1. The second kappa shape index (κ2) is 6.51. The zero-order valence-corrected chi connectivity index (χ0v) is 15.4. The lowest BCUT2D eigenvalue weighted by atomic mass is 9.94. The van der Waals surface area contributed by atoms with E-state index in [1.807, 2.05) is 36.6 Å². The number of pyridine rings is 2. The summed E-state index contributed by atoms with van der Waals surface area (Å²) in [7, 11) is 0. The maximum atomic E-state index is 9.73. The van der Waals surface area contributed by atoms with E-state index in [1.54, 1.807) is 30.4 Å². The number of nitrogens with two attached hydrogens (primary N) is 1. The molecule has 0 atom stereocenters.